The van der Waals surface area contributed by atoms with Crippen molar-refractivity contribution in [3.8, 4) is 0 Å². The van der Waals surface area contributed by atoms with E-state index in [-0.39, 0.29) is 0 Å². The van der Waals surface area contributed by atoms with Gasteiger partial charge in [0.15, 0.2) is 0 Å². The van der Waals surface area contributed by atoms with Gasteiger partial charge in [-0.05, 0) is 41.2 Å². The number of thiophene rings is 1. The summed E-state index contributed by atoms with van der Waals surface area (Å²) in [6.45, 7) is 8.67. The Kier molecular flexibility index (Phi) is 5.00. The number of carbonyl (C=O) groups is 1. The van der Waals surface area contributed by atoms with E-state index < -0.39 is 6.09 Å². The summed E-state index contributed by atoms with van der Waals surface area (Å²) in [6.07, 6.45) is 0.967. The van der Waals surface area contributed by atoms with Crippen molar-refractivity contribution in [3.63, 3.8) is 0 Å². The first-order chi connectivity index (χ1) is 7.90. The third-order valence-electron chi connectivity index (χ3n) is 2.44. The average Bonchev–Trinajstić information content (AvgIpc) is 2.47. The highest BCUT2D eigenvalue weighted by Crippen LogP contribution is 2.32. The summed E-state index contributed by atoms with van der Waals surface area (Å²) in [4.78, 5) is 10.7. The van der Waals surface area contributed by atoms with Gasteiger partial charge in [0.05, 0.1) is 0 Å². The van der Waals surface area contributed by atoms with Crippen molar-refractivity contribution in [2.24, 2.45) is 11.8 Å². The van der Waals surface area contributed by atoms with E-state index in [1.165, 1.54) is 22.5 Å². The number of anilines is 1. The van der Waals surface area contributed by atoms with Gasteiger partial charge in [-0.25, -0.2) is 4.79 Å². The molecule has 96 valence electrons. The van der Waals surface area contributed by atoms with Crippen LogP contribution >= 0.6 is 11.3 Å². The SMILES string of the molecule is CC(C)Cc1csc(NC(=O)O)c1CC(C)C. The number of hydrogen-bond donors (Lipinski definition) is 2. The first-order valence-corrected chi connectivity index (χ1v) is 6.87. The van der Waals surface area contributed by atoms with Crippen LogP contribution < -0.4 is 5.32 Å². The second-order valence-electron chi connectivity index (χ2n) is 5.19. The zero-order valence-corrected chi connectivity index (χ0v) is 11.7. The van der Waals surface area contributed by atoms with E-state index in [1.807, 2.05) is 0 Å². The fraction of sp³-hybridized carbons (Fsp3) is 0.615. The van der Waals surface area contributed by atoms with Gasteiger partial charge < -0.3 is 5.11 Å². The largest absolute Gasteiger partial charge is 0.465 e. The molecule has 0 fully saturated rings. The maximum Gasteiger partial charge on any atom is 0.409 e. The maximum absolute atomic E-state index is 10.7. The first-order valence-electron chi connectivity index (χ1n) is 5.99. The Morgan fingerprint density at radius 1 is 1.29 bits per heavy atom. The summed E-state index contributed by atoms with van der Waals surface area (Å²) >= 11 is 1.50. The molecule has 1 rings (SSSR count). The highest BCUT2D eigenvalue weighted by molar-refractivity contribution is 7.14. The molecule has 0 bridgehead atoms. The Balaban J connectivity index is 2.96. The number of rotatable bonds is 5. The van der Waals surface area contributed by atoms with E-state index >= 15 is 0 Å². The number of amides is 1. The van der Waals surface area contributed by atoms with Crippen molar-refractivity contribution in [1.82, 2.24) is 0 Å². The average molecular weight is 255 g/mol. The zero-order chi connectivity index (χ0) is 13.0. The fourth-order valence-corrected chi connectivity index (χ4v) is 2.86. The summed E-state index contributed by atoms with van der Waals surface area (Å²) in [5.41, 5.74) is 2.48. The van der Waals surface area contributed by atoms with Crippen molar-refractivity contribution < 1.29 is 9.90 Å². The van der Waals surface area contributed by atoms with E-state index in [9.17, 15) is 4.79 Å². The molecule has 0 saturated carbocycles. The van der Waals surface area contributed by atoms with Crippen molar-refractivity contribution in [2.45, 2.75) is 40.5 Å². The lowest BCUT2D eigenvalue weighted by Crippen LogP contribution is -2.09. The molecular formula is C13H21NO2S. The molecule has 1 aromatic heterocycles. The number of nitrogens with one attached hydrogen (secondary N) is 1. The molecule has 0 spiro atoms. The van der Waals surface area contributed by atoms with Gasteiger partial charge in [-0.15, -0.1) is 11.3 Å². The second-order valence-corrected chi connectivity index (χ2v) is 6.07. The Morgan fingerprint density at radius 3 is 2.35 bits per heavy atom. The van der Waals surface area contributed by atoms with Crippen LogP contribution in [-0.4, -0.2) is 11.2 Å². The molecule has 0 radical (unpaired) electrons. The Bertz CT molecular complexity index is 383. The second kappa shape index (κ2) is 6.05. The van der Waals surface area contributed by atoms with Crippen molar-refractivity contribution in [1.29, 1.82) is 0 Å². The topological polar surface area (TPSA) is 49.3 Å². The maximum atomic E-state index is 10.7. The Morgan fingerprint density at radius 2 is 1.88 bits per heavy atom. The summed E-state index contributed by atoms with van der Waals surface area (Å²) in [7, 11) is 0. The normalized spacial score (nSPS) is 11.2. The van der Waals surface area contributed by atoms with E-state index in [4.69, 9.17) is 5.11 Å². The van der Waals surface area contributed by atoms with Gasteiger partial charge in [-0.1, -0.05) is 27.7 Å². The molecule has 4 heteroatoms. The third kappa shape index (κ3) is 4.38. The summed E-state index contributed by atoms with van der Waals surface area (Å²) in [5.74, 6) is 1.12. The minimum absolute atomic E-state index is 0.532. The quantitative estimate of drug-likeness (QED) is 0.827. The monoisotopic (exact) mass is 255 g/mol. The lowest BCUT2D eigenvalue weighted by molar-refractivity contribution is 0.210. The van der Waals surface area contributed by atoms with Gasteiger partial charge in [0.1, 0.15) is 5.00 Å². The first kappa shape index (κ1) is 14.0. The van der Waals surface area contributed by atoms with E-state index in [1.54, 1.807) is 0 Å². The lowest BCUT2D eigenvalue weighted by atomic mass is 9.96. The molecule has 0 aliphatic heterocycles. The molecule has 0 unspecified atom stereocenters. The minimum Gasteiger partial charge on any atom is -0.465 e. The van der Waals surface area contributed by atoms with Gasteiger partial charge in [0, 0.05) is 0 Å². The Labute approximate surface area is 107 Å². The predicted octanol–water partition coefficient (Wildman–Crippen LogP) is 4.24. The summed E-state index contributed by atoms with van der Waals surface area (Å²) in [5, 5.41) is 14.2. The van der Waals surface area contributed by atoms with Crippen LogP contribution in [0.1, 0.15) is 38.8 Å². The predicted molar refractivity (Wildman–Crippen MR) is 73.1 cm³/mol. The molecule has 0 aliphatic rings. The molecule has 2 N–H and O–H groups in total. The summed E-state index contributed by atoms with van der Waals surface area (Å²) in [6, 6.07) is 0. The van der Waals surface area contributed by atoms with Crippen molar-refractivity contribution in [2.75, 3.05) is 5.32 Å². The van der Waals surface area contributed by atoms with Crippen LogP contribution in [0.3, 0.4) is 0 Å². The number of hydrogen-bond acceptors (Lipinski definition) is 2. The van der Waals surface area contributed by atoms with Crippen molar-refractivity contribution >= 4 is 22.4 Å². The standard InChI is InChI=1S/C13H21NO2S/c1-8(2)5-10-7-17-12(14-13(15)16)11(10)6-9(3)4/h7-9,14H,5-6H2,1-4H3,(H,15,16). The highest BCUT2D eigenvalue weighted by atomic mass is 32.1. The number of carboxylic acid groups (broad SMARTS) is 1. The van der Waals surface area contributed by atoms with E-state index in [2.05, 4.69) is 38.4 Å². The molecule has 0 aliphatic carbocycles. The molecule has 1 heterocycles. The van der Waals surface area contributed by atoms with Gasteiger partial charge in [0.2, 0.25) is 0 Å². The molecule has 3 nitrogen and oxygen atoms in total. The van der Waals surface area contributed by atoms with Crippen LogP contribution in [0.5, 0.6) is 0 Å². The molecule has 0 atom stereocenters. The van der Waals surface area contributed by atoms with E-state index in [0.717, 1.165) is 17.8 Å². The van der Waals surface area contributed by atoms with Crippen molar-refractivity contribution in [3.05, 3.63) is 16.5 Å². The smallest absolute Gasteiger partial charge is 0.409 e. The van der Waals surface area contributed by atoms with Crippen LogP contribution in [0.4, 0.5) is 9.80 Å². The molecule has 1 amide bonds. The molecule has 0 aromatic carbocycles. The van der Waals surface area contributed by atoms with E-state index in [0.29, 0.717) is 11.8 Å². The van der Waals surface area contributed by atoms with Gasteiger partial charge >= 0.3 is 6.09 Å². The fourth-order valence-electron chi connectivity index (χ4n) is 1.86. The van der Waals surface area contributed by atoms with Gasteiger partial charge in [-0.3, -0.25) is 5.32 Å². The van der Waals surface area contributed by atoms with Gasteiger partial charge in [-0.2, -0.15) is 0 Å². The molecular weight excluding hydrogens is 234 g/mol. The van der Waals surface area contributed by atoms with Gasteiger partial charge in [0.25, 0.3) is 0 Å². The third-order valence-corrected chi connectivity index (χ3v) is 3.43. The molecule has 0 saturated heterocycles. The van der Waals surface area contributed by atoms with Crippen LogP contribution in [-0.2, 0) is 12.8 Å². The lowest BCUT2D eigenvalue weighted by Gasteiger charge is -2.11. The highest BCUT2D eigenvalue weighted by Gasteiger charge is 2.15. The van der Waals surface area contributed by atoms with Crippen LogP contribution in [0.2, 0.25) is 0 Å². The molecule has 17 heavy (non-hydrogen) atoms. The van der Waals surface area contributed by atoms with Crippen LogP contribution in [0.15, 0.2) is 5.38 Å². The zero-order valence-electron chi connectivity index (χ0n) is 10.9. The van der Waals surface area contributed by atoms with Crippen LogP contribution in [0.25, 0.3) is 0 Å². The minimum atomic E-state index is -0.979. The van der Waals surface area contributed by atoms with Crippen LogP contribution in [0, 0.1) is 11.8 Å². The molecule has 1 aromatic rings. The Hall–Kier alpha value is -1.03. The summed E-state index contributed by atoms with van der Waals surface area (Å²) < 4.78 is 0.